The Morgan fingerprint density at radius 1 is 0.500 bits per heavy atom. The minimum Gasteiger partial charge on any atom is -0.369 e. The quantitative estimate of drug-likeness (QED) is 0.131. The fourth-order valence-corrected chi connectivity index (χ4v) is 5.07. The molecule has 0 aliphatic carbocycles. The minimum atomic E-state index is -0.0641. The zero-order valence-corrected chi connectivity index (χ0v) is 22.6. The van der Waals surface area contributed by atoms with Crippen LogP contribution in [0.5, 0.6) is 0 Å². The third kappa shape index (κ3) is 21.3. The molecule has 2 unspecified atom stereocenters. The van der Waals surface area contributed by atoms with Crippen molar-refractivity contribution in [3.8, 4) is 0 Å². The molecule has 0 saturated carbocycles. The standard InChI is InChI=1S/C30H61NO/c1-4-6-8-10-12-14-15-16-17-18-19-20-22-24-26-28(3)29(30(31)32)27-25-23-21-13-11-9-7-5-2/h28-29H,4-27H2,1-3H3,(H2,31,32). The van der Waals surface area contributed by atoms with E-state index in [2.05, 4.69) is 20.8 Å². The molecule has 0 aromatic heterocycles. The van der Waals surface area contributed by atoms with Crippen molar-refractivity contribution in [2.75, 3.05) is 0 Å². The summed E-state index contributed by atoms with van der Waals surface area (Å²) < 4.78 is 0. The summed E-state index contributed by atoms with van der Waals surface area (Å²) >= 11 is 0. The van der Waals surface area contributed by atoms with Crippen LogP contribution in [0.25, 0.3) is 0 Å². The van der Waals surface area contributed by atoms with Crippen molar-refractivity contribution < 1.29 is 4.79 Å². The number of primary amides is 1. The molecule has 0 aromatic carbocycles. The van der Waals surface area contributed by atoms with Gasteiger partial charge in [-0.25, -0.2) is 0 Å². The fourth-order valence-electron chi connectivity index (χ4n) is 5.07. The number of hydrogen-bond acceptors (Lipinski definition) is 1. The van der Waals surface area contributed by atoms with Crippen molar-refractivity contribution in [3.05, 3.63) is 0 Å². The maximum atomic E-state index is 11.9. The SMILES string of the molecule is CCCCCCCCCCCCCCCCC(C)C(CCCCCCCCCC)C(N)=O. The van der Waals surface area contributed by atoms with Gasteiger partial charge in [0.15, 0.2) is 0 Å². The van der Waals surface area contributed by atoms with Crippen LogP contribution >= 0.6 is 0 Å². The molecule has 2 N–H and O–H groups in total. The Labute approximate surface area is 203 Å². The average Bonchev–Trinajstić information content (AvgIpc) is 2.77. The third-order valence-corrected chi connectivity index (χ3v) is 7.43. The predicted molar refractivity (Wildman–Crippen MR) is 144 cm³/mol. The highest BCUT2D eigenvalue weighted by molar-refractivity contribution is 5.76. The van der Waals surface area contributed by atoms with Gasteiger partial charge in [0.2, 0.25) is 5.91 Å². The van der Waals surface area contributed by atoms with Crippen molar-refractivity contribution in [1.29, 1.82) is 0 Å². The van der Waals surface area contributed by atoms with Gasteiger partial charge in [0.1, 0.15) is 0 Å². The van der Waals surface area contributed by atoms with Crippen molar-refractivity contribution in [3.63, 3.8) is 0 Å². The third-order valence-electron chi connectivity index (χ3n) is 7.43. The largest absolute Gasteiger partial charge is 0.369 e. The van der Waals surface area contributed by atoms with Gasteiger partial charge in [-0.1, -0.05) is 162 Å². The van der Waals surface area contributed by atoms with Gasteiger partial charge in [-0.15, -0.1) is 0 Å². The van der Waals surface area contributed by atoms with Crippen molar-refractivity contribution >= 4 is 5.91 Å². The molecular weight excluding hydrogens is 390 g/mol. The Kier molecular flexibility index (Phi) is 24.7. The molecule has 1 amide bonds. The number of rotatable bonds is 26. The molecule has 0 fully saturated rings. The molecule has 2 nitrogen and oxygen atoms in total. The van der Waals surface area contributed by atoms with Gasteiger partial charge in [0.25, 0.3) is 0 Å². The maximum absolute atomic E-state index is 11.9. The first-order valence-corrected chi connectivity index (χ1v) is 14.9. The van der Waals surface area contributed by atoms with E-state index in [4.69, 9.17) is 5.73 Å². The molecule has 0 radical (unpaired) electrons. The second-order valence-electron chi connectivity index (χ2n) is 10.6. The molecule has 2 atom stereocenters. The van der Waals surface area contributed by atoms with E-state index in [1.54, 1.807) is 0 Å². The lowest BCUT2D eigenvalue weighted by molar-refractivity contribution is -0.123. The van der Waals surface area contributed by atoms with Crippen molar-refractivity contribution in [2.24, 2.45) is 17.6 Å². The van der Waals surface area contributed by atoms with Crippen LogP contribution in [0.3, 0.4) is 0 Å². The molecule has 0 aliphatic rings. The lowest BCUT2D eigenvalue weighted by Gasteiger charge is -2.21. The number of carbonyl (C=O) groups is 1. The van der Waals surface area contributed by atoms with E-state index in [0.29, 0.717) is 5.92 Å². The summed E-state index contributed by atoms with van der Waals surface area (Å²) in [5.41, 5.74) is 5.74. The summed E-state index contributed by atoms with van der Waals surface area (Å²) in [5.74, 6) is 0.484. The molecule has 0 spiro atoms. The minimum absolute atomic E-state index is 0.0641. The Hall–Kier alpha value is -0.530. The van der Waals surface area contributed by atoms with Crippen LogP contribution in [0.2, 0.25) is 0 Å². The molecule has 32 heavy (non-hydrogen) atoms. The van der Waals surface area contributed by atoms with Crippen LogP contribution in [0.15, 0.2) is 0 Å². The lowest BCUT2D eigenvalue weighted by Crippen LogP contribution is -2.28. The van der Waals surface area contributed by atoms with E-state index in [-0.39, 0.29) is 11.8 Å². The number of amides is 1. The topological polar surface area (TPSA) is 43.1 Å². The molecule has 0 aromatic rings. The maximum Gasteiger partial charge on any atom is 0.220 e. The highest BCUT2D eigenvalue weighted by Gasteiger charge is 2.21. The van der Waals surface area contributed by atoms with Crippen LogP contribution in [0.1, 0.15) is 175 Å². The Balaban J connectivity index is 3.55. The van der Waals surface area contributed by atoms with Gasteiger partial charge in [0, 0.05) is 5.92 Å². The van der Waals surface area contributed by atoms with Gasteiger partial charge < -0.3 is 5.73 Å². The van der Waals surface area contributed by atoms with Crippen LogP contribution in [0.4, 0.5) is 0 Å². The summed E-state index contributed by atoms with van der Waals surface area (Å²) in [7, 11) is 0. The first-order valence-electron chi connectivity index (χ1n) is 14.9. The van der Waals surface area contributed by atoms with Gasteiger partial charge in [0.05, 0.1) is 0 Å². The van der Waals surface area contributed by atoms with E-state index < -0.39 is 0 Å². The normalized spacial score (nSPS) is 13.3. The predicted octanol–water partition coefficient (Wildman–Crippen LogP) is 10.1. The van der Waals surface area contributed by atoms with Gasteiger partial charge >= 0.3 is 0 Å². The molecular formula is C30H61NO. The van der Waals surface area contributed by atoms with Crippen LogP contribution in [-0.4, -0.2) is 5.91 Å². The monoisotopic (exact) mass is 451 g/mol. The number of nitrogens with two attached hydrogens (primary N) is 1. The summed E-state index contributed by atoms with van der Waals surface area (Å²) in [6.45, 7) is 6.81. The van der Waals surface area contributed by atoms with E-state index >= 15 is 0 Å². The van der Waals surface area contributed by atoms with Gasteiger partial charge in [-0.2, -0.15) is 0 Å². The molecule has 2 heteroatoms. The Morgan fingerprint density at radius 3 is 1.09 bits per heavy atom. The first kappa shape index (κ1) is 31.5. The summed E-state index contributed by atoms with van der Waals surface area (Å²) in [6, 6.07) is 0. The van der Waals surface area contributed by atoms with Crippen molar-refractivity contribution in [1.82, 2.24) is 0 Å². The van der Waals surface area contributed by atoms with Crippen LogP contribution < -0.4 is 5.73 Å². The lowest BCUT2D eigenvalue weighted by atomic mass is 9.84. The second kappa shape index (κ2) is 25.1. The summed E-state index contributed by atoms with van der Waals surface area (Å²) in [6.07, 6.45) is 32.3. The number of unbranched alkanes of at least 4 members (excludes halogenated alkanes) is 20. The second-order valence-corrected chi connectivity index (χ2v) is 10.6. The van der Waals surface area contributed by atoms with Gasteiger partial charge in [-0.05, 0) is 18.8 Å². The molecule has 0 aliphatic heterocycles. The molecule has 0 saturated heterocycles. The van der Waals surface area contributed by atoms with Crippen molar-refractivity contribution in [2.45, 2.75) is 175 Å². The number of hydrogen-bond donors (Lipinski definition) is 1. The highest BCUT2D eigenvalue weighted by atomic mass is 16.1. The summed E-state index contributed by atoms with van der Waals surface area (Å²) in [5, 5.41) is 0. The average molecular weight is 452 g/mol. The van der Waals surface area contributed by atoms with Crippen LogP contribution in [0, 0.1) is 11.8 Å². The van der Waals surface area contributed by atoms with Crippen LogP contribution in [-0.2, 0) is 4.79 Å². The molecule has 0 heterocycles. The number of carbonyl (C=O) groups excluding carboxylic acids is 1. The first-order chi connectivity index (χ1) is 15.6. The zero-order valence-electron chi connectivity index (χ0n) is 22.6. The zero-order chi connectivity index (χ0) is 23.7. The Bertz CT molecular complexity index is 381. The van der Waals surface area contributed by atoms with E-state index in [1.165, 1.54) is 148 Å². The van der Waals surface area contributed by atoms with E-state index in [9.17, 15) is 4.79 Å². The Morgan fingerprint density at radius 2 is 0.781 bits per heavy atom. The molecule has 0 bridgehead atoms. The van der Waals surface area contributed by atoms with E-state index in [0.717, 1.165) is 6.42 Å². The van der Waals surface area contributed by atoms with Gasteiger partial charge in [-0.3, -0.25) is 4.79 Å². The van der Waals surface area contributed by atoms with E-state index in [1.807, 2.05) is 0 Å². The smallest absolute Gasteiger partial charge is 0.220 e. The summed E-state index contributed by atoms with van der Waals surface area (Å²) in [4.78, 5) is 11.9. The molecule has 0 rings (SSSR count). The fraction of sp³-hybridized carbons (Fsp3) is 0.967. The highest BCUT2D eigenvalue weighted by Crippen LogP contribution is 2.25. The molecule has 192 valence electrons.